The zero-order valence-electron chi connectivity index (χ0n) is 41.0. The van der Waals surface area contributed by atoms with Gasteiger partial charge in [-0.1, -0.05) is 264 Å². The minimum atomic E-state index is -4.40. The van der Waals surface area contributed by atoms with Crippen molar-refractivity contribution in [2.45, 2.75) is 295 Å². The fourth-order valence-corrected chi connectivity index (χ4v) is 9.12. The molecule has 4 unspecified atom stereocenters. The summed E-state index contributed by atoms with van der Waals surface area (Å²) in [7, 11) is -4.40. The maximum atomic E-state index is 12.9. The second-order valence-corrected chi connectivity index (χ2v) is 20.1. The molecular formula is C52H105N2O7P. The van der Waals surface area contributed by atoms with Gasteiger partial charge in [0.05, 0.1) is 37.9 Å². The molecule has 4 atom stereocenters. The van der Waals surface area contributed by atoms with Crippen LogP contribution in [-0.2, 0) is 18.4 Å². The molecule has 0 saturated heterocycles. The zero-order chi connectivity index (χ0) is 45.5. The van der Waals surface area contributed by atoms with Gasteiger partial charge in [-0.05, 0) is 19.3 Å². The average Bonchev–Trinajstić information content (AvgIpc) is 3.25. The molecule has 0 saturated carbocycles. The Bertz CT molecular complexity index is 1000. The van der Waals surface area contributed by atoms with Crippen LogP contribution in [0, 0.1) is 0 Å². The van der Waals surface area contributed by atoms with Gasteiger partial charge in [-0.15, -0.1) is 0 Å². The lowest BCUT2D eigenvalue weighted by atomic mass is 10.0. The number of phosphoric ester groups is 1. The van der Waals surface area contributed by atoms with Crippen LogP contribution in [0.1, 0.15) is 277 Å². The quantitative estimate of drug-likeness (QED) is 0.0230. The van der Waals surface area contributed by atoms with Crippen molar-refractivity contribution in [3.63, 3.8) is 0 Å². The Morgan fingerprint density at radius 3 is 1.24 bits per heavy atom. The number of unbranched alkanes of at least 4 members (excludes halogenated alkanes) is 37. The normalized spacial score (nSPS) is 14.4. The van der Waals surface area contributed by atoms with Crippen molar-refractivity contribution < 1.29 is 33.5 Å². The topological polar surface area (TPSA) is 151 Å². The lowest BCUT2D eigenvalue weighted by Gasteiger charge is -2.24. The Balaban J connectivity index is 4.12. The first kappa shape index (κ1) is 61.2. The molecule has 0 aliphatic carbocycles. The van der Waals surface area contributed by atoms with E-state index in [9.17, 15) is 24.5 Å². The van der Waals surface area contributed by atoms with E-state index in [0.717, 1.165) is 38.5 Å². The highest BCUT2D eigenvalue weighted by molar-refractivity contribution is 7.47. The van der Waals surface area contributed by atoms with Crippen molar-refractivity contribution in [2.24, 2.45) is 5.73 Å². The number of allylic oxidation sites excluding steroid dienone is 1. The minimum absolute atomic E-state index is 0.0519. The summed E-state index contributed by atoms with van der Waals surface area (Å²) in [5, 5.41) is 24.2. The maximum absolute atomic E-state index is 12.9. The van der Waals surface area contributed by atoms with Gasteiger partial charge >= 0.3 is 7.82 Å². The van der Waals surface area contributed by atoms with Crippen molar-refractivity contribution in [1.29, 1.82) is 0 Å². The lowest BCUT2D eigenvalue weighted by molar-refractivity contribution is -0.124. The van der Waals surface area contributed by atoms with E-state index in [0.29, 0.717) is 6.42 Å². The molecule has 9 nitrogen and oxygen atoms in total. The molecular weight excluding hydrogens is 796 g/mol. The number of aliphatic hydroxyl groups excluding tert-OH is 2. The number of hydrogen-bond acceptors (Lipinski definition) is 7. The van der Waals surface area contributed by atoms with Gasteiger partial charge in [-0.2, -0.15) is 0 Å². The number of carbonyl (C=O) groups excluding carboxylic acids is 1. The van der Waals surface area contributed by atoms with Gasteiger partial charge in [0.15, 0.2) is 0 Å². The number of carbonyl (C=O) groups is 1. The van der Waals surface area contributed by atoms with Crippen LogP contribution in [0.4, 0.5) is 0 Å². The van der Waals surface area contributed by atoms with E-state index in [1.807, 2.05) is 6.08 Å². The van der Waals surface area contributed by atoms with Crippen molar-refractivity contribution in [2.75, 3.05) is 19.8 Å². The monoisotopic (exact) mass is 901 g/mol. The molecule has 10 heteroatoms. The fraction of sp³-hybridized carbons (Fsp3) is 0.942. The van der Waals surface area contributed by atoms with Crippen LogP contribution >= 0.6 is 7.82 Å². The lowest BCUT2D eigenvalue weighted by Crippen LogP contribution is -2.46. The fourth-order valence-electron chi connectivity index (χ4n) is 8.36. The van der Waals surface area contributed by atoms with Crippen LogP contribution in [0.2, 0.25) is 0 Å². The molecule has 0 spiro atoms. The summed E-state index contributed by atoms with van der Waals surface area (Å²) >= 11 is 0. The van der Waals surface area contributed by atoms with E-state index < -0.39 is 38.6 Å². The molecule has 0 aliphatic heterocycles. The zero-order valence-corrected chi connectivity index (χ0v) is 41.9. The van der Waals surface area contributed by atoms with E-state index >= 15 is 0 Å². The van der Waals surface area contributed by atoms with E-state index in [-0.39, 0.29) is 19.6 Å². The highest BCUT2D eigenvalue weighted by atomic mass is 31.2. The van der Waals surface area contributed by atoms with Crippen molar-refractivity contribution in [3.05, 3.63) is 12.2 Å². The van der Waals surface area contributed by atoms with Crippen LogP contribution in [0.5, 0.6) is 0 Å². The Morgan fingerprint density at radius 1 is 0.548 bits per heavy atom. The number of phosphoric acid groups is 1. The number of aliphatic hydroxyl groups is 2. The third-order valence-corrected chi connectivity index (χ3v) is 13.4. The van der Waals surface area contributed by atoms with Crippen molar-refractivity contribution in [3.8, 4) is 0 Å². The summed E-state index contributed by atoms with van der Waals surface area (Å²) in [4.78, 5) is 22.9. The molecule has 0 aliphatic rings. The van der Waals surface area contributed by atoms with E-state index in [1.165, 1.54) is 212 Å². The van der Waals surface area contributed by atoms with Gasteiger partial charge in [0.2, 0.25) is 5.91 Å². The Labute approximate surface area is 384 Å². The summed E-state index contributed by atoms with van der Waals surface area (Å²) in [5.74, 6) is -0.439. The van der Waals surface area contributed by atoms with E-state index in [2.05, 4.69) is 19.2 Å². The second-order valence-electron chi connectivity index (χ2n) is 18.6. The predicted octanol–water partition coefficient (Wildman–Crippen LogP) is 14.9. The van der Waals surface area contributed by atoms with E-state index in [4.69, 9.17) is 14.8 Å². The second kappa shape index (κ2) is 48.1. The molecule has 0 bridgehead atoms. The molecule has 0 aromatic rings. The van der Waals surface area contributed by atoms with Gasteiger partial charge in [-0.3, -0.25) is 13.8 Å². The largest absolute Gasteiger partial charge is 0.472 e. The van der Waals surface area contributed by atoms with Gasteiger partial charge in [0, 0.05) is 6.54 Å². The van der Waals surface area contributed by atoms with Crippen LogP contribution in [0.15, 0.2) is 12.2 Å². The summed E-state index contributed by atoms with van der Waals surface area (Å²) < 4.78 is 22.2. The molecule has 0 radical (unpaired) electrons. The van der Waals surface area contributed by atoms with Crippen LogP contribution in [0.25, 0.3) is 0 Å². The molecule has 6 N–H and O–H groups in total. The molecule has 0 heterocycles. The standard InChI is InChI=1S/C52H105N2O7P/c1-3-5-7-9-11-13-15-17-19-21-23-24-26-27-29-31-33-35-37-39-41-43-49(55)47-52(57)54-50(48-61-62(58,59)60-46-45-53)51(56)44-42-40-38-36-34-32-30-28-25-22-20-18-16-14-12-10-8-6-4-2/h42,44,49-51,55-56H,3-41,43,45-48,53H2,1-2H3,(H,54,57)(H,58,59)/b44-42+. The highest BCUT2D eigenvalue weighted by Gasteiger charge is 2.27. The number of nitrogens with one attached hydrogen (secondary N) is 1. The Kier molecular flexibility index (Phi) is 47.5. The minimum Gasteiger partial charge on any atom is -0.393 e. The van der Waals surface area contributed by atoms with Crippen LogP contribution < -0.4 is 11.1 Å². The number of rotatable bonds is 51. The van der Waals surface area contributed by atoms with E-state index in [1.54, 1.807) is 6.08 Å². The first-order valence-corrected chi connectivity index (χ1v) is 28.4. The Morgan fingerprint density at radius 2 is 0.887 bits per heavy atom. The number of nitrogens with two attached hydrogens (primary N) is 1. The predicted molar refractivity (Wildman–Crippen MR) is 265 cm³/mol. The van der Waals surface area contributed by atoms with Crippen molar-refractivity contribution in [1.82, 2.24) is 5.32 Å². The first-order chi connectivity index (χ1) is 30.3. The summed E-state index contributed by atoms with van der Waals surface area (Å²) in [6.07, 6.45) is 53.1. The van der Waals surface area contributed by atoms with Gasteiger partial charge in [0.25, 0.3) is 0 Å². The van der Waals surface area contributed by atoms with Gasteiger partial charge in [0.1, 0.15) is 0 Å². The van der Waals surface area contributed by atoms with Crippen LogP contribution in [-0.4, -0.2) is 59.0 Å². The molecule has 1 amide bonds. The maximum Gasteiger partial charge on any atom is 0.472 e. The summed E-state index contributed by atoms with van der Waals surface area (Å²) in [6.45, 7) is 4.03. The van der Waals surface area contributed by atoms with Crippen molar-refractivity contribution >= 4 is 13.7 Å². The third-order valence-electron chi connectivity index (χ3n) is 12.4. The van der Waals surface area contributed by atoms with Gasteiger partial charge < -0.3 is 26.2 Å². The Hall–Kier alpha value is -0.800. The third kappa shape index (κ3) is 45.8. The number of amides is 1. The molecule has 0 fully saturated rings. The molecule has 0 aromatic heterocycles. The highest BCUT2D eigenvalue weighted by Crippen LogP contribution is 2.43. The summed E-state index contributed by atoms with van der Waals surface area (Å²) in [6, 6.07) is -0.979. The number of hydrogen-bond donors (Lipinski definition) is 5. The smallest absolute Gasteiger partial charge is 0.393 e. The SMILES string of the molecule is CCCCCCCCCCCCCCCCCCC/C=C/C(O)C(COP(=O)(O)OCCN)NC(=O)CC(O)CCCCCCCCCCCCCCCCCCCCCCC. The van der Waals surface area contributed by atoms with Gasteiger partial charge in [-0.25, -0.2) is 4.57 Å². The first-order valence-electron chi connectivity index (χ1n) is 26.9. The average molecular weight is 901 g/mol. The molecule has 62 heavy (non-hydrogen) atoms. The molecule has 370 valence electrons. The summed E-state index contributed by atoms with van der Waals surface area (Å²) in [5.41, 5.74) is 5.39. The van der Waals surface area contributed by atoms with Crippen LogP contribution in [0.3, 0.4) is 0 Å². The molecule has 0 rings (SSSR count). The molecule has 0 aromatic carbocycles.